The fourth-order valence-electron chi connectivity index (χ4n) is 10.9. The third-order valence-electron chi connectivity index (χ3n) is 14.7. The minimum atomic E-state index is -0.333. The standard InChI is InChI=1S/C62H60N2O6/c1-37-24-26-42(30-55(37)61(65)67-5)57-33-45(69-59-23-10-9-17-53(57)59)35-64-40(4)48-19-12-22-52-50(20-13-21-51(48)52)44-28-29-54-58(43-27-25-38(2)56(31-43)62(66)68-6)34-46(70-60(54)32-44)36-63-39(3)47-18-11-15-41-14-7-8-16-49(41)47/h7-32,39-40,45-46,57-58,63-64H,33-36H2,1-6H3/t39-,40-,45-,46-,57?,58+/m1/s1. The summed E-state index contributed by atoms with van der Waals surface area (Å²) in [5.41, 5.74) is 12.0. The second kappa shape index (κ2) is 20.0. The quantitative estimate of drug-likeness (QED) is 0.110. The Morgan fingerprint density at radius 1 is 0.543 bits per heavy atom. The number of rotatable bonds is 13. The minimum absolute atomic E-state index is 0.00126. The maximum absolute atomic E-state index is 12.9. The van der Waals surface area contributed by atoms with E-state index in [4.69, 9.17) is 18.9 Å². The first kappa shape index (κ1) is 46.5. The highest BCUT2D eigenvalue weighted by molar-refractivity contribution is 5.99. The number of benzene rings is 8. The number of methoxy groups -OCH3 is 2. The van der Waals surface area contributed by atoms with Crippen LogP contribution in [0.2, 0.25) is 0 Å². The van der Waals surface area contributed by atoms with E-state index < -0.39 is 0 Å². The van der Waals surface area contributed by atoms with E-state index in [2.05, 4.69) is 140 Å². The van der Waals surface area contributed by atoms with Gasteiger partial charge >= 0.3 is 11.9 Å². The molecule has 2 aliphatic heterocycles. The van der Waals surface area contributed by atoms with Crippen LogP contribution < -0.4 is 20.1 Å². The van der Waals surface area contributed by atoms with Crippen molar-refractivity contribution in [2.24, 2.45) is 0 Å². The highest BCUT2D eigenvalue weighted by Gasteiger charge is 2.33. The van der Waals surface area contributed by atoms with Crippen molar-refractivity contribution >= 4 is 33.5 Å². The van der Waals surface area contributed by atoms with E-state index in [1.807, 2.05) is 56.3 Å². The summed E-state index contributed by atoms with van der Waals surface area (Å²) >= 11 is 0. The molecule has 2 heterocycles. The molecule has 2 N–H and O–H groups in total. The summed E-state index contributed by atoms with van der Waals surface area (Å²) in [6.45, 7) is 9.61. The molecule has 354 valence electrons. The fourth-order valence-corrected chi connectivity index (χ4v) is 10.9. The Labute approximate surface area is 411 Å². The predicted octanol–water partition coefficient (Wildman–Crippen LogP) is 13.1. The van der Waals surface area contributed by atoms with E-state index in [9.17, 15) is 9.59 Å². The molecule has 0 spiro atoms. The molecule has 6 atom stereocenters. The number of ether oxygens (including phenoxy) is 4. The van der Waals surface area contributed by atoms with Crippen molar-refractivity contribution in [3.8, 4) is 22.6 Å². The molecular formula is C62H60N2O6. The van der Waals surface area contributed by atoms with E-state index in [1.165, 1.54) is 41.5 Å². The lowest BCUT2D eigenvalue weighted by Gasteiger charge is -2.34. The maximum Gasteiger partial charge on any atom is 0.338 e. The Morgan fingerprint density at radius 2 is 1.06 bits per heavy atom. The van der Waals surface area contributed by atoms with Crippen LogP contribution in [0.15, 0.2) is 158 Å². The van der Waals surface area contributed by atoms with Gasteiger partial charge in [0.15, 0.2) is 0 Å². The van der Waals surface area contributed by atoms with E-state index in [0.29, 0.717) is 24.2 Å². The van der Waals surface area contributed by atoms with Crippen molar-refractivity contribution in [2.45, 2.75) is 76.7 Å². The zero-order chi connectivity index (χ0) is 48.5. The van der Waals surface area contributed by atoms with Crippen LogP contribution >= 0.6 is 0 Å². The van der Waals surface area contributed by atoms with Crippen LogP contribution in [0.5, 0.6) is 11.5 Å². The zero-order valence-corrected chi connectivity index (χ0v) is 40.8. The summed E-state index contributed by atoms with van der Waals surface area (Å²) in [7, 11) is 2.86. The second-order valence-corrected chi connectivity index (χ2v) is 19.1. The molecule has 8 aromatic carbocycles. The van der Waals surface area contributed by atoms with Gasteiger partial charge in [-0.2, -0.15) is 0 Å². The van der Waals surface area contributed by atoms with Gasteiger partial charge in [0, 0.05) is 48.1 Å². The van der Waals surface area contributed by atoms with Gasteiger partial charge in [0.25, 0.3) is 0 Å². The average Bonchev–Trinajstić information content (AvgIpc) is 3.40. The van der Waals surface area contributed by atoms with Crippen LogP contribution in [-0.2, 0) is 9.47 Å². The van der Waals surface area contributed by atoms with E-state index in [-0.39, 0.29) is 48.1 Å². The van der Waals surface area contributed by atoms with Crippen LogP contribution in [-0.4, -0.2) is 51.5 Å². The van der Waals surface area contributed by atoms with Crippen molar-refractivity contribution in [1.29, 1.82) is 0 Å². The van der Waals surface area contributed by atoms with Gasteiger partial charge in [-0.1, -0.05) is 133 Å². The summed E-state index contributed by atoms with van der Waals surface area (Å²) in [6, 6.07) is 55.4. The molecule has 8 heteroatoms. The predicted molar refractivity (Wildman–Crippen MR) is 279 cm³/mol. The van der Waals surface area contributed by atoms with Crippen LogP contribution in [0.1, 0.15) is 116 Å². The average molecular weight is 929 g/mol. The first-order valence-electron chi connectivity index (χ1n) is 24.5. The number of esters is 2. The SMILES string of the molecule is COC(=O)c1cc(C2C[C@H](CN[C@H](C)c3cccc4c(-c5ccc6c(c5)O[C@@H](CN[C@H](C)c5cccc7ccccc57)C[C@H]6c5ccc(C)c(C(=O)OC)c5)cccc34)Oc3ccccc32)ccc1C. The van der Waals surface area contributed by atoms with Gasteiger partial charge in [0.2, 0.25) is 0 Å². The van der Waals surface area contributed by atoms with Gasteiger partial charge in [0.05, 0.1) is 25.3 Å². The molecular weight excluding hydrogens is 869 g/mol. The zero-order valence-electron chi connectivity index (χ0n) is 40.8. The molecule has 10 rings (SSSR count). The van der Waals surface area contributed by atoms with Gasteiger partial charge in [-0.05, 0) is 131 Å². The van der Waals surface area contributed by atoms with Crippen molar-refractivity contribution in [2.75, 3.05) is 27.3 Å². The molecule has 2 aliphatic rings. The van der Waals surface area contributed by atoms with Crippen molar-refractivity contribution in [1.82, 2.24) is 10.6 Å². The lowest BCUT2D eigenvalue weighted by atomic mass is 9.82. The summed E-state index contributed by atoms with van der Waals surface area (Å²) in [5.74, 6) is 1.12. The second-order valence-electron chi connectivity index (χ2n) is 19.1. The van der Waals surface area contributed by atoms with Crippen LogP contribution in [0, 0.1) is 13.8 Å². The molecule has 0 amide bonds. The number of hydrogen-bond acceptors (Lipinski definition) is 8. The number of fused-ring (bicyclic) bond motifs is 4. The topological polar surface area (TPSA) is 95.1 Å². The van der Waals surface area contributed by atoms with Gasteiger partial charge < -0.3 is 29.6 Å². The summed E-state index contributed by atoms with van der Waals surface area (Å²) in [4.78, 5) is 25.6. The largest absolute Gasteiger partial charge is 0.489 e. The van der Waals surface area contributed by atoms with E-state index in [1.54, 1.807) is 0 Å². The Kier molecular flexibility index (Phi) is 13.3. The third-order valence-corrected chi connectivity index (χ3v) is 14.7. The molecule has 8 nitrogen and oxygen atoms in total. The first-order chi connectivity index (χ1) is 34.1. The fraction of sp³-hybridized carbons (Fsp3) is 0.258. The highest BCUT2D eigenvalue weighted by atomic mass is 16.5. The normalized spacial score (nSPS) is 18.2. The number of aryl methyl sites for hydroxylation is 2. The highest BCUT2D eigenvalue weighted by Crippen LogP contribution is 2.45. The first-order valence-corrected chi connectivity index (χ1v) is 24.5. The number of nitrogens with one attached hydrogen (secondary N) is 2. The van der Waals surface area contributed by atoms with Crippen LogP contribution in [0.4, 0.5) is 0 Å². The van der Waals surface area contributed by atoms with Gasteiger partial charge in [-0.25, -0.2) is 9.59 Å². The molecule has 0 saturated heterocycles. The molecule has 0 radical (unpaired) electrons. The number of hydrogen-bond donors (Lipinski definition) is 2. The Hall–Kier alpha value is -7.26. The molecule has 0 bridgehead atoms. The molecule has 0 aromatic heterocycles. The van der Waals surface area contributed by atoms with E-state index in [0.717, 1.165) is 74.2 Å². The van der Waals surface area contributed by atoms with Crippen LogP contribution in [0.25, 0.3) is 32.7 Å². The summed E-state index contributed by atoms with van der Waals surface area (Å²) in [6.07, 6.45) is 1.28. The minimum Gasteiger partial charge on any atom is -0.489 e. The lowest BCUT2D eigenvalue weighted by Crippen LogP contribution is -2.37. The Bertz CT molecular complexity index is 3250. The molecule has 70 heavy (non-hydrogen) atoms. The molecule has 0 saturated carbocycles. The van der Waals surface area contributed by atoms with Gasteiger partial charge in [0.1, 0.15) is 23.7 Å². The molecule has 0 fully saturated rings. The van der Waals surface area contributed by atoms with Gasteiger partial charge in [-0.3, -0.25) is 0 Å². The van der Waals surface area contributed by atoms with Gasteiger partial charge in [-0.15, -0.1) is 0 Å². The van der Waals surface area contributed by atoms with Crippen LogP contribution in [0.3, 0.4) is 0 Å². The number of carbonyl (C=O) groups is 2. The maximum atomic E-state index is 12.9. The Balaban J connectivity index is 0.920. The summed E-state index contributed by atoms with van der Waals surface area (Å²) < 4.78 is 24.0. The summed E-state index contributed by atoms with van der Waals surface area (Å²) in [5, 5.41) is 12.5. The van der Waals surface area contributed by atoms with E-state index >= 15 is 0 Å². The number of carbonyl (C=O) groups excluding carboxylic acids is 2. The van der Waals surface area contributed by atoms with Crippen molar-refractivity contribution < 1.29 is 28.5 Å². The molecule has 0 aliphatic carbocycles. The number of para-hydroxylation sites is 1. The third kappa shape index (κ3) is 9.17. The Morgan fingerprint density at radius 3 is 1.71 bits per heavy atom. The lowest BCUT2D eigenvalue weighted by molar-refractivity contribution is 0.0590. The smallest absolute Gasteiger partial charge is 0.338 e. The molecule has 1 unspecified atom stereocenters. The van der Waals surface area contributed by atoms with Crippen molar-refractivity contribution in [3.63, 3.8) is 0 Å². The van der Waals surface area contributed by atoms with Crippen molar-refractivity contribution in [3.05, 3.63) is 213 Å². The molecule has 8 aromatic rings. The monoisotopic (exact) mass is 928 g/mol.